The highest BCUT2D eigenvalue weighted by Gasteiger charge is 2.32. The summed E-state index contributed by atoms with van der Waals surface area (Å²) >= 11 is 1.55. The van der Waals surface area contributed by atoms with Gasteiger partial charge >= 0.3 is 6.03 Å². The summed E-state index contributed by atoms with van der Waals surface area (Å²) in [4.78, 5) is 22.7. The third kappa shape index (κ3) is 4.14. The van der Waals surface area contributed by atoms with Gasteiger partial charge in [0.25, 0.3) is 0 Å². The lowest BCUT2D eigenvalue weighted by Gasteiger charge is -2.35. The predicted molar refractivity (Wildman–Crippen MR) is 105 cm³/mol. The van der Waals surface area contributed by atoms with Crippen LogP contribution in [-0.2, 0) is 0 Å². The molecule has 0 spiro atoms. The third-order valence-corrected chi connectivity index (χ3v) is 6.71. The van der Waals surface area contributed by atoms with Crippen LogP contribution >= 0.6 is 11.3 Å². The Morgan fingerprint density at radius 3 is 2.52 bits per heavy atom. The number of benzene rings is 1. The number of carbonyl (C=O) groups excluding carboxylic acids is 1. The van der Waals surface area contributed by atoms with Gasteiger partial charge in [0.1, 0.15) is 10.8 Å². The molecule has 1 saturated carbocycles. The van der Waals surface area contributed by atoms with Crippen molar-refractivity contribution in [2.24, 2.45) is 0 Å². The van der Waals surface area contributed by atoms with Crippen LogP contribution in [0.5, 0.6) is 0 Å². The fourth-order valence-electron chi connectivity index (χ4n) is 3.60. The van der Waals surface area contributed by atoms with E-state index in [4.69, 9.17) is 0 Å². The average Bonchev–Trinajstić information content (AvgIpc) is 3.44. The SMILES string of the molecule is Cc1nc(-c2ccc(F)cc2)sc1C(C)NC(=O)N1CCN(C2CC2)CC1. The number of aryl methyl sites for hydroxylation is 1. The Bertz CT molecular complexity index is 810. The minimum absolute atomic E-state index is 0.00548. The van der Waals surface area contributed by atoms with Gasteiger partial charge < -0.3 is 10.2 Å². The quantitative estimate of drug-likeness (QED) is 0.867. The number of urea groups is 1. The summed E-state index contributed by atoms with van der Waals surface area (Å²) in [5.41, 5.74) is 1.80. The zero-order valence-corrected chi connectivity index (χ0v) is 16.6. The van der Waals surface area contributed by atoms with Gasteiger partial charge in [-0.3, -0.25) is 4.90 Å². The molecule has 1 aromatic carbocycles. The number of hydrogen-bond acceptors (Lipinski definition) is 4. The van der Waals surface area contributed by atoms with Crippen LogP contribution in [0, 0.1) is 12.7 Å². The van der Waals surface area contributed by atoms with Gasteiger partial charge in [-0.2, -0.15) is 0 Å². The van der Waals surface area contributed by atoms with Gasteiger partial charge in [-0.05, 0) is 51.0 Å². The molecule has 5 nitrogen and oxygen atoms in total. The number of halogens is 1. The lowest BCUT2D eigenvalue weighted by Crippen LogP contribution is -2.52. The summed E-state index contributed by atoms with van der Waals surface area (Å²) in [6.45, 7) is 7.47. The van der Waals surface area contributed by atoms with Gasteiger partial charge in [0.2, 0.25) is 0 Å². The van der Waals surface area contributed by atoms with Crippen LogP contribution in [0.4, 0.5) is 9.18 Å². The van der Waals surface area contributed by atoms with Crippen LogP contribution in [0.15, 0.2) is 24.3 Å². The van der Waals surface area contributed by atoms with E-state index in [0.29, 0.717) is 0 Å². The van der Waals surface area contributed by atoms with Crippen molar-refractivity contribution in [3.63, 3.8) is 0 Å². The topological polar surface area (TPSA) is 48.5 Å². The number of aromatic nitrogens is 1. The summed E-state index contributed by atoms with van der Waals surface area (Å²) in [6.07, 6.45) is 2.62. The molecular weight excluding hydrogens is 363 g/mol. The fourth-order valence-corrected chi connectivity index (χ4v) is 4.67. The summed E-state index contributed by atoms with van der Waals surface area (Å²) in [5.74, 6) is -0.255. The first-order valence-electron chi connectivity index (χ1n) is 9.54. The van der Waals surface area contributed by atoms with Crippen molar-refractivity contribution in [3.05, 3.63) is 40.7 Å². The van der Waals surface area contributed by atoms with Crippen LogP contribution in [0.3, 0.4) is 0 Å². The second-order valence-electron chi connectivity index (χ2n) is 7.40. The first-order valence-corrected chi connectivity index (χ1v) is 10.4. The molecule has 1 aromatic heterocycles. The number of piperazine rings is 1. The highest BCUT2D eigenvalue weighted by atomic mass is 32.1. The minimum Gasteiger partial charge on any atom is -0.331 e. The Kier molecular flexibility index (Phi) is 5.14. The summed E-state index contributed by atoms with van der Waals surface area (Å²) in [6, 6.07) is 7.01. The molecule has 1 aliphatic carbocycles. The Morgan fingerprint density at radius 2 is 1.89 bits per heavy atom. The van der Waals surface area contributed by atoms with E-state index in [1.807, 2.05) is 18.7 Å². The highest BCUT2D eigenvalue weighted by Crippen LogP contribution is 2.32. The number of nitrogens with one attached hydrogen (secondary N) is 1. The molecule has 1 aliphatic heterocycles. The van der Waals surface area contributed by atoms with Gasteiger partial charge in [0.05, 0.1) is 16.6 Å². The smallest absolute Gasteiger partial charge is 0.317 e. The lowest BCUT2D eigenvalue weighted by molar-refractivity contribution is 0.133. The van der Waals surface area contributed by atoms with Gasteiger partial charge in [-0.25, -0.2) is 14.2 Å². The molecule has 0 bridgehead atoms. The molecule has 1 unspecified atom stereocenters. The molecule has 2 aliphatic rings. The van der Waals surface area contributed by atoms with Crippen molar-refractivity contribution >= 4 is 17.4 Å². The molecule has 0 radical (unpaired) electrons. The maximum absolute atomic E-state index is 13.1. The number of amides is 2. The molecule has 7 heteroatoms. The van der Waals surface area contributed by atoms with Gasteiger partial charge in [-0.15, -0.1) is 11.3 Å². The number of rotatable bonds is 4. The molecule has 2 fully saturated rings. The summed E-state index contributed by atoms with van der Waals surface area (Å²) in [5, 5.41) is 3.97. The van der Waals surface area contributed by atoms with Crippen molar-refractivity contribution < 1.29 is 9.18 Å². The highest BCUT2D eigenvalue weighted by molar-refractivity contribution is 7.15. The molecule has 1 saturated heterocycles. The molecule has 1 N–H and O–H groups in total. The minimum atomic E-state index is -0.255. The Balaban J connectivity index is 1.38. The van der Waals surface area contributed by atoms with Gasteiger partial charge in [-0.1, -0.05) is 0 Å². The Hall–Kier alpha value is -1.99. The van der Waals surface area contributed by atoms with E-state index in [2.05, 4.69) is 15.2 Å². The van der Waals surface area contributed by atoms with Gasteiger partial charge in [0, 0.05) is 37.8 Å². The maximum atomic E-state index is 13.1. The monoisotopic (exact) mass is 388 g/mol. The standard InChI is InChI=1S/C20H25FN4OS/c1-13-18(27-19(22-13)15-3-5-16(21)6-4-15)14(2)23-20(26)25-11-9-24(10-12-25)17-7-8-17/h3-6,14,17H,7-12H2,1-2H3,(H,23,26). The van der Waals surface area contributed by atoms with Crippen LogP contribution in [0.1, 0.15) is 36.4 Å². The molecule has 27 heavy (non-hydrogen) atoms. The second kappa shape index (κ2) is 7.56. The zero-order chi connectivity index (χ0) is 19.0. The second-order valence-corrected chi connectivity index (χ2v) is 8.43. The van der Waals surface area contributed by atoms with E-state index in [0.717, 1.165) is 53.4 Å². The Labute approximate surface area is 163 Å². The molecule has 2 aromatic rings. The van der Waals surface area contributed by atoms with E-state index in [1.54, 1.807) is 23.5 Å². The van der Waals surface area contributed by atoms with Crippen molar-refractivity contribution in [2.45, 2.75) is 38.8 Å². The molecule has 4 rings (SSSR count). The predicted octanol–water partition coefficient (Wildman–Crippen LogP) is 3.81. The zero-order valence-electron chi connectivity index (χ0n) is 15.7. The van der Waals surface area contributed by atoms with Crippen LogP contribution in [0.25, 0.3) is 10.6 Å². The first kappa shape index (κ1) is 18.4. The number of hydrogen-bond donors (Lipinski definition) is 1. The average molecular weight is 389 g/mol. The van der Waals surface area contributed by atoms with Crippen LogP contribution in [0.2, 0.25) is 0 Å². The molecule has 2 amide bonds. The summed E-state index contributed by atoms with van der Waals surface area (Å²) in [7, 11) is 0. The normalized spacial score (nSPS) is 19.1. The number of carbonyl (C=O) groups is 1. The maximum Gasteiger partial charge on any atom is 0.317 e. The fraction of sp³-hybridized carbons (Fsp3) is 0.500. The van der Waals surface area contributed by atoms with Crippen molar-refractivity contribution in [1.29, 1.82) is 0 Å². The molecule has 1 atom stereocenters. The molecule has 2 heterocycles. The van der Waals surface area contributed by atoms with Crippen LogP contribution < -0.4 is 5.32 Å². The lowest BCUT2D eigenvalue weighted by atomic mass is 10.2. The summed E-state index contributed by atoms with van der Waals surface area (Å²) < 4.78 is 13.1. The van der Waals surface area contributed by atoms with Crippen LogP contribution in [-0.4, -0.2) is 53.0 Å². The van der Waals surface area contributed by atoms with Crippen molar-refractivity contribution in [3.8, 4) is 10.6 Å². The molecular formula is C20H25FN4OS. The number of nitrogens with zero attached hydrogens (tertiary/aromatic N) is 3. The van der Waals surface area contributed by atoms with E-state index in [1.165, 1.54) is 25.0 Å². The van der Waals surface area contributed by atoms with Crippen molar-refractivity contribution in [1.82, 2.24) is 20.1 Å². The Morgan fingerprint density at radius 1 is 1.22 bits per heavy atom. The van der Waals surface area contributed by atoms with E-state index >= 15 is 0 Å². The number of thiazole rings is 1. The van der Waals surface area contributed by atoms with Gasteiger partial charge in [0.15, 0.2) is 0 Å². The van der Waals surface area contributed by atoms with Crippen molar-refractivity contribution in [2.75, 3.05) is 26.2 Å². The molecule has 144 valence electrons. The first-order chi connectivity index (χ1) is 13.0. The van der Waals surface area contributed by atoms with E-state index in [-0.39, 0.29) is 17.9 Å². The largest absolute Gasteiger partial charge is 0.331 e. The van der Waals surface area contributed by atoms with E-state index in [9.17, 15) is 9.18 Å². The third-order valence-electron chi connectivity index (χ3n) is 5.32. The van der Waals surface area contributed by atoms with E-state index < -0.39 is 0 Å².